The van der Waals surface area contributed by atoms with Crippen molar-refractivity contribution in [1.82, 2.24) is 19.5 Å². The number of piperidine rings is 1. The van der Waals surface area contributed by atoms with Gasteiger partial charge in [0.05, 0.1) is 23.3 Å². The first-order chi connectivity index (χ1) is 11.4. The van der Waals surface area contributed by atoms with E-state index in [0.717, 1.165) is 24.2 Å². The predicted octanol–water partition coefficient (Wildman–Crippen LogP) is 2.00. The molecule has 1 aliphatic heterocycles. The third-order valence-corrected chi connectivity index (χ3v) is 6.56. The minimum absolute atomic E-state index is 0.257. The molecule has 2 aromatic rings. The van der Waals surface area contributed by atoms with Crippen LogP contribution in [0.5, 0.6) is 0 Å². The van der Waals surface area contributed by atoms with Crippen molar-refractivity contribution in [2.24, 2.45) is 0 Å². The lowest BCUT2D eigenvalue weighted by molar-refractivity contribution is 0.329. The van der Waals surface area contributed by atoms with E-state index in [4.69, 9.17) is 0 Å². The number of anilines is 1. The fraction of sp³-hybridized carbons (Fsp3) is 0.500. The molecule has 0 atom stereocenters. The lowest BCUT2D eigenvalue weighted by atomic mass is 10.1. The van der Waals surface area contributed by atoms with Gasteiger partial charge in [-0.25, -0.2) is 8.42 Å². The van der Waals surface area contributed by atoms with Crippen molar-refractivity contribution < 1.29 is 8.42 Å². The summed E-state index contributed by atoms with van der Waals surface area (Å²) in [5.74, 6) is 0. The van der Waals surface area contributed by atoms with Gasteiger partial charge in [-0.1, -0.05) is 0 Å². The summed E-state index contributed by atoms with van der Waals surface area (Å²) in [5.41, 5.74) is 3.08. The Bertz CT molecular complexity index is 786. The maximum atomic E-state index is 12.8. The first-order valence-electron chi connectivity index (χ1n) is 8.09. The van der Waals surface area contributed by atoms with Crippen LogP contribution < -0.4 is 5.32 Å². The second kappa shape index (κ2) is 6.52. The quantitative estimate of drug-likeness (QED) is 0.881. The van der Waals surface area contributed by atoms with Crippen LogP contribution in [0.1, 0.15) is 29.9 Å². The number of hydrogen-bond acceptors (Lipinski definition) is 5. The van der Waals surface area contributed by atoms with Gasteiger partial charge in [0.25, 0.3) is 0 Å². The third kappa shape index (κ3) is 3.29. The van der Waals surface area contributed by atoms with Gasteiger partial charge in [-0.2, -0.15) is 9.40 Å². The Kier molecular flexibility index (Phi) is 4.60. The van der Waals surface area contributed by atoms with E-state index < -0.39 is 10.0 Å². The van der Waals surface area contributed by atoms with Crippen molar-refractivity contribution in [1.29, 1.82) is 0 Å². The van der Waals surface area contributed by atoms with Crippen LogP contribution in [0.4, 0.5) is 5.69 Å². The Morgan fingerprint density at radius 3 is 2.46 bits per heavy atom. The van der Waals surface area contributed by atoms with Crippen LogP contribution in [0.15, 0.2) is 23.2 Å². The summed E-state index contributed by atoms with van der Waals surface area (Å²) in [7, 11) is -3.48. The molecule has 0 aromatic carbocycles. The summed E-state index contributed by atoms with van der Waals surface area (Å²) >= 11 is 0. The monoisotopic (exact) mass is 349 g/mol. The van der Waals surface area contributed by atoms with Crippen LogP contribution in [-0.4, -0.2) is 47.0 Å². The van der Waals surface area contributed by atoms with Gasteiger partial charge in [-0.3, -0.25) is 10.1 Å². The van der Waals surface area contributed by atoms with E-state index in [2.05, 4.69) is 20.5 Å². The fourth-order valence-corrected chi connectivity index (χ4v) is 4.88. The Morgan fingerprint density at radius 2 is 1.92 bits per heavy atom. The lowest BCUT2D eigenvalue weighted by Gasteiger charge is -2.32. The molecule has 3 rings (SSSR count). The van der Waals surface area contributed by atoms with Crippen LogP contribution in [0.25, 0.3) is 0 Å². The van der Waals surface area contributed by atoms with E-state index in [0.29, 0.717) is 29.4 Å². The van der Waals surface area contributed by atoms with Crippen molar-refractivity contribution >= 4 is 15.7 Å². The molecule has 8 heteroatoms. The highest BCUT2D eigenvalue weighted by atomic mass is 32.2. The summed E-state index contributed by atoms with van der Waals surface area (Å²) in [6.45, 7) is 6.42. The first-order valence-corrected chi connectivity index (χ1v) is 9.53. The second-order valence-corrected chi connectivity index (χ2v) is 8.15. The molecule has 1 saturated heterocycles. The molecule has 1 fully saturated rings. The van der Waals surface area contributed by atoms with Crippen molar-refractivity contribution in [2.75, 3.05) is 18.4 Å². The van der Waals surface area contributed by atoms with E-state index in [9.17, 15) is 8.42 Å². The Morgan fingerprint density at radius 1 is 1.21 bits per heavy atom. The van der Waals surface area contributed by atoms with Gasteiger partial charge in [0, 0.05) is 24.8 Å². The average Bonchev–Trinajstić information content (AvgIpc) is 2.89. The fourth-order valence-electron chi connectivity index (χ4n) is 3.08. The summed E-state index contributed by atoms with van der Waals surface area (Å²) in [4.78, 5) is 4.59. The van der Waals surface area contributed by atoms with Crippen molar-refractivity contribution in [3.63, 3.8) is 0 Å². The summed E-state index contributed by atoms with van der Waals surface area (Å²) < 4.78 is 27.2. The van der Waals surface area contributed by atoms with Crippen LogP contribution in [0.3, 0.4) is 0 Å². The predicted molar refractivity (Wildman–Crippen MR) is 92.4 cm³/mol. The lowest BCUT2D eigenvalue weighted by Crippen LogP contribution is -2.42. The van der Waals surface area contributed by atoms with Crippen LogP contribution >= 0.6 is 0 Å². The average molecular weight is 349 g/mol. The van der Waals surface area contributed by atoms with Crippen LogP contribution in [-0.2, 0) is 10.0 Å². The van der Waals surface area contributed by atoms with Gasteiger partial charge >= 0.3 is 0 Å². The number of aromatic nitrogens is 3. The molecule has 0 saturated carbocycles. The smallest absolute Gasteiger partial charge is 0.246 e. The molecule has 2 N–H and O–H groups in total. The van der Waals surface area contributed by atoms with E-state index in [1.165, 1.54) is 0 Å². The van der Waals surface area contributed by atoms with Crippen molar-refractivity contribution in [3.05, 3.63) is 35.4 Å². The SMILES string of the molecule is Cc1ccc(NC2CCN(S(=O)(=O)c3c(C)n[nH]c3C)CC2)cn1. The second-order valence-electron chi connectivity index (χ2n) is 6.27. The Hall–Kier alpha value is -1.93. The number of nitrogens with zero attached hydrogens (tertiary/aromatic N) is 3. The molecule has 1 aliphatic rings. The largest absolute Gasteiger partial charge is 0.381 e. The number of sulfonamides is 1. The molecule has 0 bridgehead atoms. The minimum atomic E-state index is -3.48. The third-order valence-electron chi connectivity index (χ3n) is 4.39. The zero-order chi connectivity index (χ0) is 17.3. The number of hydrogen-bond donors (Lipinski definition) is 2. The van der Waals surface area contributed by atoms with Crippen LogP contribution in [0.2, 0.25) is 0 Å². The molecule has 0 spiro atoms. The molecule has 0 unspecified atom stereocenters. The van der Waals surface area contributed by atoms with Gasteiger partial charge in [0.1, 0.15) is 4.90 Å². The Balaban J connectivity index is 1.65. The normalized spacial score (nSPS) is 17.1. The first kappa shape index (κ1) is 16.9. The van der Waals surface area contributed by atoms with Crippen LogP contribution in [0, 0.1) is 20.8 Å². The van der Waals surface area contributed by atoms with Gasteiger partial charge in [-0.15, -0.1) is 0 Å². The molecular weight excluding hydrogens is 326 g/mol. The molecule has 130 valence electrons. The number of rotatable bonds is 4. The molecule has 24 heavy (non-hydrogen) atoms. The highest BCUT2D eigenvalue weighted by Gasteiger charge is 2.32. The summed E-state index contributed by atoms with van der Waals surface area (Å²) in [6.07, 6.45) is 3.35. The number of pyridine rings is 1. The maximum Gasteiger partial charge on any atom is 0.246 e. The summed E-state index contributed by atoms with van der Waals surface area (Å²) in [6, 6.07) is 4.23. The van der Waals surface area contributed by atoms with Gasteiger partial charge in [-0.05, 0) is 45.7 Å². The van der Waals surface area contributed by atoms with Gasteiger partial charge in [0.2, 0.25) is 10.0 Å². The van der Waals surface area contributed by atoms with Gasteiger partial charge < -0.3 is 5.32 Å². The van der Waals surface area contributed by atoms with E-state index in [1.807, 2.05) is 25.3 Å². The molecular formula is C16H23N5O2S. The summed E-state index contributed by atoms with van der Waals surface area (Å²) in [5, 5.41) is 10.2. The number of aromatic amines is 1. The zero-order valence-corrected chi connectivity index (χ0v) is 15.0. The molecule has 7 nitrogen and oxygen atoms in total. The van der Waals surface area contributed by atoms with Gasteiger partial charge in [0.15, 0.2) is 0 Å². The highest BCUT2D eigenvalue weighted by Crippen LogP contribution is 2.25. The molecule has 3 heterocycles. The Labute approximate surface area is 142 Å². The van der Waals surface area contributed by atoms with Crippen molar-refractivity contribution in [2.45, 2.75) is 44.6 Å². The number of aryl methyl sites for hydroxylation is 3. The maximum absolute atomic E-state index is 12.8. The van der Waals surface area contributed by atoms with E-state index in [1.54, 1.807) is 18.2 Å². The molecule has 0 aliphatic carbocycles. The number of nitrogens with one attached hydrogen (secondary N) is 2. The van der Waals surface area contributed by atoms with E-state index in [-0.39, 0.29) is 6.04 Å². The highest BCUT2D eigenvalue weighted by molar-refractivity contribution is 7.89. The topological polar surface area (TPSA) is 91.0 Å². The molecule has 2 aromatic heterocycles. The minimum Gasteiger partial charge on any atom is -0.381 e. The van der Waals surface area contributed by atoms with Crippen molar-refractivity contribution in [3.8, 4) is 0 Å². The zero-order valence-electron chi connectivity index (χ0n) is 14.2. The molecule has 0 amide bonds. The molecule has 0 radical (unpaired) electrons. The standard InChI is InChI=1S/C16H23N5O2S/c1-11-4-5-15(10-17-11)18-14-6-8-21(9-7-14)24(22,23)16-12(2)19-20-13(16)3/h4-5,10,14,18H,6-9H2,1-3H3,(H,19,20). The van der Waals surface area contributed by atoms with E-state index >= 15 is 0 Å². The number of H-pyrrole nitrogens is 1.